The van der Waals surface area contributed by atoms with Crippen LogP contribution < -0.4 is 14.2 Å². The van der Waals surface area contributed by atoms with Gasteiger partial charge in [-0.05, 0) is 62.1 Å². The van der Waals surface area contributed by atoms with Gasteiger partial charge in [0.25, 0.3) is 0 Å². The van der Waals surface area contributed by atoms with Crippen molar-refractivity contribution in [2.24, 2.45) is 0 Å². The molecular formula is C29H37Cl2N3O4. The van der Waals surface area contributed by atoms with Crippen molar-refractivity contribution in [2.45, 2.75) is 57.7 Å². The minimum Gasteiger partial charge on any atom is -0.493 e. The van der Waals surface area contributed by atoms with Crippen molar-refractivity contribution >= 4 is 23.2 Å². The first-order valence-corrected chi connectivity index (χ1v) is 14.0. The standard InChI is InChI=1S/C29H37Cl2N3O4/c1-3-28-32-12-16-34(28)14-5-17-37-26-9-6-22(18-27(26)36-2)20-33-13-4-10-29(35,11-15-33)21-38-23-7-8-24(30)25(31)19-23/h6-9,12,16,18-19,35H,3-5,10-11,13-15,17,20-21H2,1-2H3. The van der Waals surface area contributed by atoms with Crippen LogP contribution in [0.25, 0.3) is 0 Å². The first kappa shape index (κ1) is 28.6. The van der Waals surface area contributed by atoms with Gasteiger partial charge in [0.15, 0.2) is 11.5 Å². The molecule has 206 valence electrons. The number of methoxy groups -OCH3 is 1. The molecule has 1 unspecified atom stereocenters. The summed E-state index contributed by atoms with van der Waals surface area (Å²) in [4.78, 5) is 6.73. The quantitative estimate of drug-likeness (QED) is 0.272. The Hall–Kier alpha value is -2.45. The summed E-state index contributed by atoms with van der Waals surface area (Å²) < 4.78 is 19.7. The number of halogens is 2. The van der Waals surface area contributed by atoms with E-state index in [1.54, 1.807) is 25.3 Å². The fourth-order valence-corrected chi connectivity index (χ4v) is 5.07. The number of nitrogens with zero attached hydrogens (tertiary/aromatic N) is 3. The molecule has 1 aromatic heterocycles. The van der Waals surface area contributed by atoms with Crippen molar-refractivity contribution in [3.63, 3.8) is 0 Å². The Morgan fingerprint density at radius 1 is 1.03 bits per heavy atom. The molecule has 9 heteroatoms. The molecule has 1 atom stereocenters. The second kappa shape index (κ2) is 13.6. The second-order valence-electron chi connectivity index (χ2n) is 9.80. The number of hydrogen-bond donors (Lipinski definition) is 1. The van der Waals surface area contributed by atoms with Gasteiger partial charge in [-0.3, -0.25) is 4.90 Å². The number of hydrogen-bond acceptors (Lipinski definition) is 6. The van der Waals surface area contributed by atoms with Gasteiger partial charge in [0.1, 0.15) is 18.2 Å². The predicted octanol–water partition coefficient (Wildman–Crippen LogP) is 6.03. The third-order valence-electron chi connectivity index (χ3n) is 6.96. The first-order chi connectivity index (χ1) is 18.4. The van der Waals surface area contributed by atoms with Crippen LogP contribution in [-0.4, -0.2) is 58.6 Å². The SMILES string of the molecule is CCc1nccn1CCCOc1ccc(CN2CCCC(O)(COc3ccc(Cl)c(Cl)c3)CC2)cc1OC. The van der Waals surface area contributed by atoms with Gasteiger partial charge >= 0.3 is 0 Å². The Morgan fingerprint density at radius 2 is 1.89 bits per heavy atom. The number of ether oxygens (including phenoxy) is 3. The Morgan fingerprint density at radius 3 is 2.68 bits per heavy atom. The van der Waals surface area contributed by atoms with Gasteiger partial charge in [-0.2, -0.15) is 0 Å². The number of aromatic nitrogens is 2. The minimum atomic E-state index is -0.884. The van der Waals surface area contributed by atoms with Gasteiger partial charge in [0.2, 0.25) is 0 Å². The topological polar surface area (TPSA) is 69.0 Å². The highest BCUT2D eigenvalue weighted by atomic mass is 35.5. The Labute approximate surface area is 235 Å². The monoisotopic (exact) mass is 561 g/mol. The highest BCUT2D eigenvalue weighted by Crippen LogP contribution is 2.31. The third kappa shape index (κ3) is 7.79. The summed E-state index contributed by atoms with van der Waals surface area (Å²) in [7, 11) is 1.67. The fraction of sp³-hybridized carbons (Fsp3) is 0.483. The molecular weight excluding hydrogens is 525 g/mol. The molecule has 7 nitrogen and oxygen atoms in total. The molecule has 1 aliphatic rings. The largest absolute Gasteiger partial charge is 0.493 e. The van der Waals surface area contributed by atoms with Gasteiger partial charge in [0.05, 0.1) is 29.4 Å². The van der Waals surface area contributed by atoms with E-state index in [1.807, 2.05) is 24.5 Å². The molecule has 0 saturated carbocycles. The van der Waals surface area contributed by atoms with E-state index in [1.165, 1.54) is 0 Å². The zero-order chi connectivity index (χ0) is 27.0. The lowest BCUT2D eigenvalue weighted by molar-refractivity contribution is -0.0168. The number of aryl methyl sites for hydroxylation is 2. The zero-order valence-electron chi connectivity index (χ0n) is 22.2. The van der Waals surface area contributed by atoms with Crippen LogP contribution in [0.2, 0.25) is 10.0 Å². The predicted molar refractivity (Wildman–Crippen MR) is 151 cm³/mol. The minimum absolute atomic E-state index is 0.221. The Kier molecular flexibility index (Phi) is 10.2. The number of benzene rings is 2. The molecule has 1 fully saturated rings. The van der Waals surface area contributed by atoms with Gasteiger partial charge in [-0.15, -0.1) is 0 Å². The van der Waals surface area contributed by atoms with E-state index in [0.29, 0.717) is 35.2 Å². The molecule has 2 heterocycles. The van der Waals surface area contributed by atoms with Gasteiger partial charge in [0, 0.05) is 44.5 Å². The normalized spacial score (nSPS) is 18.2. The second-order valence-corrected chi connectivity index (χ2v) is 10.6. The summed E-state index contributed by atoms with van der Waals surface area (Å²) in [6, 6.07) is 11.3. The average Bonchev–Trinajstić information content (AvgIpc) is 3.30. The van der Waals surface area contributed by atoms with Crippen LogP contribution in [0.5, 0.6) is 17.2 Å². The van der Waals surface area contributed by atoms with Gasteiger partial charge in [-0.1, -0.05) is 36.2 Å². The molecule has 0 spiro atoms. The van der Waals surface area contributed by atoms with Crippen LogP contribution in [0.3, 0.4) is 0 Å². The maximum Gasteiger partial charge on any atom is 0.161 e. The van der Waals surface area contributed by atoms with E-state index in [4.69, 9.17) is 37.4 Å². The molecule has 3 aromatic rings. The lowest BCUT2D eigenvalue weighted by Crippen LogP contribution is -2.37. The smallest absolute Gasteiger partial charge is 0.161 e. The molecule has 2 aromatic carbocycles. The van der Waals surface area contributed by atoms with E-state index in [2.05, 4.69) is 27.4 Å². The summed E-state index contributed by atoms with van der Waals surface area (Å²) >= 11 is 12.1. The van der Waals surface area contributed by atoms with Crippen LogP contribution in [-0.2, 0) is 19.5 Å². The van der Waals surface area contributed by atoms with Crippen molar-refractivity contribution in [3.8, 4) is 17.2 Å². The van der Waals surface area contributed by atoms with Crippen LogP contribution in [0, 0.1) is 0 Å². The number of imidazole rings is 1. The molecule has 0 aliphatic carbocycles. The van der Waals surface area contributed by atoms with Crippen molar-refractivity contribution < 1.29 is 19.3 Å². The summed E-state index contributed by atoms with van der Waals surface area (Å²) in [6.07, 6.45) is 7.86. The van der Waals surface area contributed by atoms with Crippen LogP contribution in [0.4, 0.5) is 0 Å². The van der Waals surface area contributed by atoms with Crippen molar-refractivity contribution in [2.75, 3.05) is 33.4 Å². The summed E-state index contributed by atoms with van der Waals surface area (Å²) in [6.45, 7) is 6.27. The molecule has 4 rings (SSSR count). The lowest BCUT2D eigenvalue weighted by Gasteiger charge is -2.27. The molecule has 0 amide bonds. The van der Waals surface area contributed by atoms with Crippen LogP contribution >= 0.6 is 23.2 Å². The lowest BCUT2D eigenvalue weighted by atomic mass is 9.96. The number of aliphatic hydroxyl groups is 1. The first-order valence-electron chi connectivity index (χ1n) is 13.2. The highest BCUT2D eigenvalue weighted by Gasteiger charge is 2.31. The van der Waals surface area contributed by atoms with Gasteiger partial charge in [-0.25, -0.2) is 4.98 Å². The highest BCUT2D eigenvalue weighted by molar-refractivity contribution is 6.42. The van der Waals surface area contributed by atoms with Crippen molar-refractivity contribution in [1.82, 2.24) is 14.5 Å². The Bertz CT molecular complexity index is 1190. The van der Waals surface area contributed by atoms with E-state index in [9.17, 15) is 5.11 Å². The van der Waals surface area contributed by atoms with Crippen LogP contribution in [0.15, 0.2) is 48.8 Å². The van der Waals surface area contributed by atoms with Gasteiger partial charge < -0.3 is 23.9 Å². The number of likely N-dealkylation sites (tertiary alicyclic amines) is 1. The van der Waals surface area contributed by atoms with Crippen LogP contribution in [0.1, 0.15) is 44.0 Å². The maximum absolute atomic E-state index is 11.2. The van der Waals surface area contributed by atoms with Crippen molar-refractivity contribution in [3.05, 3.63) is 70.2 Å². The van der Waals surface area contributed by atoms with Crippen molar-refractivity contribution in [1.29, 1.82) is 0 Å². The summed E-state index contributed by atoms with van der Waals surface area (Å²) in [5, 5.41) is 12.1. The van der Waals surface area contributed by atoms with E-state index in [-0.39, 0.29) is 6.61 Å². The Balaban J connectivity index is 1.26. The average molecular weight is 563 g/mol. The summed E-state index contributed by atoms with van der Waals surface area (Å²) in [5.74, 6) is 3.19. The maximum atomic E-state index is 11.2. The molecule has 38 heavy (non-hydrogen) atoms. The fourth-order valence-electron chi connectivity index (χ4n) is 4.78. The molecule has 1 N–H and O–H groups in total. The third-order valence-corrected chi connectivity index (χ3v) is 7.70. The molecule has 0 radical (unpaired) electrons. The van der Waals surface area contributed by atoms with E-state index in [0.717, 1.165) is 68.3 Å². The van der Waals surface area contributed by atoms with E-state index < -0.39 is 5.60 Å². The molecule has 1 aliphatic heterocycles. The number of rotatable bonds is 12. The molecule has 0 bridgehead atoms. The molecule has 1 saturated heterocycles. The zero-order valence-corrected chi connectivity index (χ0v) is 23.7. The van der Waals surface area contributed by atoms with E-state index >= 15 is 0 Å². The summed E-state index contributed by atoms with van der Waals surface area (Å²) in [5.41, 5.74) is 0.267.